The number of aromatic nitrogens is 4. The summed E-state index contributed by atoms with van der Waals surface area (Å²) < 4.78 is 1.97. The van der Waals surface area contributed by atoms with Crippen molar-refractivity contribution in [1.82, 2.24) is 30.0 Å². The molecular weight excluding hydrogens is 478 g/mol. The Morgan fingerprint density at radius 1 is 1.31 bits per heavy atom. The monoisotopic (exact) mass is 511 g/mol. The smallest absolute Gasteiger partial charge is 0.270 e. The molecular formula is C26H34ClN7O2. The van der Waals surface area contributed by atoms with E-state index in [1.54, 1.807) is 4.90 Å². The minimum Gasteiger partial charge on any atom is -0.361 e. The molecule has 1 aromatic carbocycles. The summed E-state index contributed by atoms with van der Waals surface area (Å²) in [5.41, 5.74) is 3.02. The lowest BCUT2D eigenvalue weighted by atomic mass is 9.86. The van der Waals surface area contributed by atoms with Crippen LogP contribution in [0.3, 0.4) is 0 Å². The van der Waals surface area contributed by atoms with Gasteiger partial charge in [0, 0.05) is 30.0 Å². The fraction of sp³-hybridized carbons (Fsp3) is 0.462. The van der Waals surface area contributed by atoms with E-state index in [9.17, 15) is 9.59 Å². The molecule has 1 saturated heterocycles. The van der Waals surface area contributed by atoms with Gasteiger partial charge in [0.2, 0.25) is 5.91 Å². The van der Waals surface area contributed by atoms with Crippen molar-refractivity contribution in [3.05, 3.63) is 52.6 Å². The number of aromatic amines is 1. The molecule has 9 nitrogen and oxygen atoms in total. The molecule has 3 heterocycles. The number of rotatable bonds is 8. The third-order valence-electron chi connectivity index (χ3n) is 6.46. The summed E-state index contributed by atoms with van der Waals surface area (Å²) in [6, 6.07) is 3.90. The molecule has 36 heavy (non-hydrogen) atoms. The van der Waals surface area contributed by atoms with Crippen molar-refractivity contribution in [2.24, 2.45) is 0 Å². The third-order valence-corrected chi connectivity index (χ3v) is 6.77. The van der Waals surface area contributed by atoms with Gasteiger partial charge in [0.25, 0.3) is 5.91 Å². The van der Waals surface area contributed by atoms with Crippen molar-refractivity contribution in [3.63, 3.8) is 0 Å². The Morgan fingerprint density at radius 3 is 2.67 bits per heavy atom. The van der Waals surface area contributed by atoms with E-state index in [1.165, 1.54) is 6.08 Å². The van der Waals surface area contributed by atoms with Gasteiger partial charge < -0.3 is 20.1 Å². The maximum Gasteiger partial charge on any atom is 0.270 e. The minimum absolute atomic E-state index is 0.0772. The lowest BCUT2D eigenvalue weighted by molar-refractivity contribution is -0.130. The second-order valence-corrected chi connectivity index (χ2v) is 10.7. The summed E-state index contributed by atoms with van der Waals surface area (Å²) in [6.07, 6.45) is 2.14. The first-order valence-electron chi connectivity index (χ1n) is 12.2. The molecule has 0 saturated carbocycles. The predicted molar refractivity (Wildman–Crippen MR) is 142 cm³/mol. The van der Waals surface area contributed by atoms with Crippen LogP contribution in [-0.4, -0.2) is 55.6 Å². The number of benzene rings is 1. The Bertz CT molecular complexity index is 1310. The van der Waals surface area contributed by atoms with Gasteiger partial charge in [-0.1, -0.05) is 45.9 Å². The van der Waals surface area contributed by atoms with Gasteiger partial charge in [-0.25, -0.2) is 4.98 Å². The normalized spacial score (nSPS) is 14.1. The number of hydrogen-bond acceptors (Lipinski definition) is 5. The Hall–Kier alpha value is -3.33. The number of carbonyl (C=O) groups excluding carboxylic acids is 2. The number of imidazole rings is 1. The van der Waals surface area contributed by atoms with E-state index < -0.39 is 0 Å². The van der Waals surface area contributed by atoms with Gasteiger partial charge in [-0.15, -0.1) is 0 Å². The van der Waals surface area contributed by atoms with Crippen molar-refractivity contribution in [3.8, 4) is 0 Å². The number of hydrogen-bond donors (Lipinski definition) is 3. The van der Waals surface area contributed by atoms with Crippen molar-refractivity contribution in [1.29, 1.82) is 0 Å². The van der Waals surface area contributed by atoms with E-state index in [0.29, 0.717) is 48.4 Å². The van der Waals surface area contributed by atoms with Crippen LogP contribution in [0.1, 0.15) is 61.7 Å². The van der Waals surface area contributed by atoms with Crippen molar-refractivity contribution in [2.75, 3.05) is 18.4 Å². The lowest BCUT2D eigenvalue weighted by Crippen LogP contribution is -2.60. The van der Waals surface area contributed by atoms with Crippen molar-refractivity contribution >= 4 is 40.1 Å². The number of fused-ring (bicyclic) bond motifs is 1. The first kappa shape index (κ1) is 25.8. The topological polar surface area (TPSA) is 108 Å². The Kier molecular flexibility index (Phi) is 7.13. The number of nitrogens with zero attached hydrogens (tertiary/aromatic N) is 4. The molecule has 0 aliphatic carbocycles. The number of amides is 2. The van der Waals surface area contributed by atoms with E-state index in [4.69, 9.17) is 16.6 Å². The van der Waals surface area contributed by atoms with Crippen molar-refractivity contribution < 1.29 is 9.59 Å². The largest absolute Gasteiger partial charge is 0.361 e. The number of nitrogens with one attached hydrogen (secondary N) is 3. The highest BCUT2D eigenvalue weighted by molar-refractivity contribution is 6.32. The number of carbonyl (C=O) groups is 2. The zero-order valence-corrected chi connectivity index (χ0v) is 22.3. The fourth-order valence-corrected chi connectivity index (χ4v) is 5.01. The van der Waals surface area contributed by atoms with Crippen LogP contribution < -0.4 is 10.6 Å². The molecule has 1 aliphatic heterocycles. The van der Waals surface area contributed by atoms with Crippen LogP contribution in [0, 0.1) is 6.92 Å². The summed E-state index contributed by atoms with van der Waals surface area (Å²) >= 11 is 6.51. The predicted octanol–water partition coefficient (Wildman–Crippen LogP) is 4.17. The molecule has 0 bridgehead atoms. The molecule has 0 radical (unpaired) electrons. The summed E-state index contributed by atoms with van der Waals surface area (Å²) in [7, 11) is 0. The number of halogens is 1. The molecule has 3 N–H and O–H groups in total. The molecule has 2 amide bonds. The lowest BCUT2D eigenvalue weighted by Gasteiger charge is -2.38. The molecule has 10 heteroatoms. The molecule has 192 valence electrons. The molecule has 2 aromatic heterocycles. The maximum absolute atomic E-state index is 13.1. The first-order chi connectivity index (χ1) is 17.0. The molecule has 0 unspecified atom stereocenters. The minimum atomic E-state index is -0.176. The summed E-state index contributed by atoms with van der Waals surface area (Å²) in [5.74, 6) is 1.18. The Labute approximate surface area is 216 Å². The third kappa shape index (κ3) is 4.97. The van der Waals surface area contributed by atoms with Crippen LogP contribution in [0.4, 0.5) is 5.82 Å². The van der Waals surface area contributed by atoms with Crippen LogP contribution in [0.25, 0.3) is 10.9 Å². The molecule has 3 aromatic rings. The molecule has 0 spiro atoms. The first-order valence-corrected chi connectivity index (χ1v) is 12.6. The van der Waals surface area contributed by atoms with Crippen LogP contribution in [0.2, 0.25) is 5.02 Å². The molecule has 0 atom stereocenters. The van der Waals surface area contributed by atoms with E-state index in [-0.39, 0.29) is 23.3 Å². The summed E-state index contributed by atoms with van der Waals surface area (Å²) in [5, 5.41) is 15.6. The van der Waals surface area contributed by atoms with E-state index >= 15 is 0 Å². The van der Waals surface area contributed by atoms with Crippen molar-refractivity contribution in [2.45, 2.75) is 65.6 Å². The zero-order valence-electron chi connectivity index (χ0n) is 21.5. The van der Waals surface area contributed by atoms with E-state index in [1.807, 2.05) is 17.6 Å². The van der Waals surface area contributed by atoms with Gasteiger partial charge in [0.1, 0.15) is 11.5 Å². The van der Waals surface area contributed by atoms with Gasteiger partial charge in [0.05, 0.1) is 23.8 Å². The van der Waals surface area contributed by atoms with Gasteiger partial charge in [-0.2, -0.15) is 5.10 Å². The Morgan fingerprint density at radius 2 is 2.03 bits per heavy atom. The van der Waals surface area contributed by atoms with Crippen LogP contribution in [0.15, 0.2) is 24.8 Å². The maximum atomic E-state index is 13.1. The second-order valence-electron chi connectivity index (χ2n) is 10.3. The molecule has 1 fully saturated rings. The average Bonchev–Trinajstić information content (AvgIpc) is 3.32. The number of anilines is 1. The van der Waals surface area contributed by atoms with Crippen LogP contribution in [-0.2, 0) is 23.3 Å². The number of H-pyrrole nitrogens is 1. The van der Waals surface area contributed by atoms with Gasteiger partial charge in [0.15, 0.2) is 5.82 Å². The highest BCUT2D eigenvalue weighted by atomic mass is 35.5. The Balaban J connectivity index is 1.53. The van der Waals surface area contributed by atoms with Gasteiger partial charge in [-0.05, 0) is 42.5 Å². The van der Waals surface area contributed by atoms with Crippen LogP contribution >= 0.6 is 11.6 Å². The van der Waals surface area contributed by atoms with E-state index in [2.05, 4.69) is 61.2 Å². The highest BCUT2D eigenvalue weighted by Gasteiger charge is 2.32. The average molecular weight is 512 g/mol. The summed E-state index contributed by atoms with van der Waals surface area (Å²) in [4.78, 5) is 31.2. The highest BCUT2D eigenvalue weighted by Crippen LogP contribution is 2.34. The SMILES string of the molecule is C=CC(=O)N1CC(NC(=O)c2c(C)nc(CNc3n[nH]c4cc(Cl)c(C(C)(C)C)cc34)n2CCC)C1. The second kappa shape index (κ2) is 9.97. The number of aryl methyl sites for hydroxylation is 1. The standard InChI is InChI=1S/C26H34ClN7O2/c1-7-9-34-21(29-15(3)23(34)25(36)30-16-13-33(14-16)22(35)8-2)12-28-24-17-10-18(26(4,5)6)19(27)11-20(17)31-32-24/h8,10-11,16H,2,7,9,12-14H2,1,3-6H3,(H,30,36)(H2,28,31,32). The zero-order chi connectivity index (χ0) is 26.2. The van der Waals surface area contributed by atoms with Gasteiger partial charge in [-0.3, -0.25) is 14.7 Å². The van der Waals surface area contributed by atoms with Gasteiger partial charge >= 0.3 is 0 Å². The fourth-order valence-electron chi connectivity index (χ4n) is 4.56. The molecule has 4 rings (SSSR count). The molecule has 1 aliphatic rings. The van der Waals surface area contributed by atoms with E-state index in [0.717, 1.165) is 28.7 Å². The number of likely N-dealkylation sites (tertiary alicyclic amines) is 1. The van der Waals surface area contributed by atoms with Crippen LogP contribution in [0.5, 0.6) is 0 Å². The summed E-state index contributed by atoms with van der Waals surface area (Å²) in [6.45, 7) is 15.8. The quantitative estimate of drug-likeness (QED) is 0.393.